The lowest BCUT2D eigenvalue weighted by Crippen LogP contribution is -2.10. The van der Waals surface area contributed by atoms with Crippen LogP contribution in [0.25, 0.3) is 0 Å². The molecule has 0 radical (unpaired) electrons. The Kier molecular flexibility index (Phi) is 14.6. The summed E-state index contributed by atoms with van der Waals surface area (Å²) in [6.45, 7) is 9.47. The van der Waals surface area contributed by atoms with E-state index in [0.29, 0.717) is 18.4 Å². The van der Waals surface area contributed by atoms with Gasteiger partial charge in [-0.05, 0) is 24.7 Å². The molecule has 0 saturated carbocycles. The van der Waals surface area contributed by atoms with Crippen LogP contribution in [-0.4, -0.2) is 12.6 Å². The highest BCUT2D eigenvalue weighted by atomic mass is 16.5. The Hall–Kier alpha value is -0.570. The van der Waals surface area contributed by atoms with Crippen LogP contribution in [0.4, 0.5) is 0 Å². The molecule has 0 heterocycles. The average molecular weight is 287 g/mol. The number of esters is 1. The second kappa shape index (κ2) is 13.4. The summed E-state index contributed by atoms with van der Waals surface area (Å²) >= 11 is 0. The summed E-state index contributed by atoms with van der Waals surface area (Å²) in [6, 6.07) is 0. The molecular formula is C17H37NO2. The van der Waals surface area contributed by atoms with Crippen molar-refractivity contribution in [1.29, 1.82) is 0 Å². The first-order valence-corrected chi connectivity index (χ1v) is 8.11. The van der Waals surface area contributed by atoms with Crippen LogP contribution in [0.5, 0.6) is 0 Å². The maximum absolute atomic E-state index is 11.5. The molecule has 0 aromatic rings. The Morgan fingerprint density at radius 3 is 2.00 bits per heavy atom. The molecular weight excluding hydrogens is 250 g/mol. The zero-order valence-electron chi connectivity index (χ0n) is 14.3. The van der Waals surface area contributed by atoms with Crippen LogP contribution in [0, 0.1) is 5.41 Å². The van der Waals surface area contributed by atoms with E-state index in [-0.39, 0.29) is 12.1 Å². The van der Waals surface area contributed by atoms with Gasteiger partial charge in [-0.2, -0.15) is 0 Å². The summed E-state index contributed by atoms with van der Waals surface area (Å²) in [5.74, 6) is -0.0116. The molecule has 0 fully saturated rings. The predicted octanol–water partition coefficient (Wildman–Crippen LogP) is 5.66. The monoisotopic (exact) mass is 287 g/mol. The van der Waals surface area contributed by atoms with Crippen LogP contribution in [0.1, 0.15) is 91.9 Å². The first-order valence-electron chi connectivity index (χ1n) is 8.11. The van der Waals surface area contributed by atoms with Crippen molar-refractivity contribution in [2.24, 2.45) is 5.41 Å². The van der Waals surface area contributed by atoms with E-state index in [1.54, 1.807) is 0 Å². The van der Waals surface area contributed by atoms with Crippen LogP contribution in [0.3, 0.4) is 0 Å². The molecule has 122 valence electrons. The minimum absolute atomic E-state index is 0. The lowest BCUT2D eigenvalue weighted by atomic mass is 9.91. The molecule has 20 heavy (non-hydrogen) atoms. The van der Waals surface area contributed by atoms with E-state index in [2.05, 4.69) is 27.7 Å². The number of unbranched alkanes of at least 4 members (excludes halogenated alkanes) is 6. The third kappa shape index (κ3) is 17.4. The fraction of sp³-hybridized carbons (Fsp3) is 0.941. The molecule has 0 saturated heterocycles. The fourth-order valence-corrected chi connectivity index (χ4v) is 2.09. The number of carbonyl (C=O) groups is 1. The second-order valence-electron chi connectivity index (χ2n) is 6.76. The van der Waals surface area contributed by atoms with Gasteiger partial charge in [0.15, 0.2) is 0 Å². The highest BCUT2D eigenvalue weighted by Gasteiger charge is 2.10. The molecule has 3 heteroatoms. The fourth-order valence-electron chi connectivity index (χ4n) is 2.09. The van der Waals surface area contributed by atoms with Crippen LogP contribution in [0.2, 0.25) is 0 Å². The normalized spacial score (nSPS) is 11.0. The summed E-state index contributed by atoms with van der Waals surface area (Å²) < 4.78 is 5.24. The van der Waals surface area contributed by atoms with Gasteiger partial charge in [0.05, 0.1) is 6.61 Å². The zero-order chi connectivity index (χ0) is 14.6. The van der Waals surface area contributed by atoms with E-state index in [1.807, 2.05) is 0 Å². The minimum Gasteiger partial charge on any atom is -0.466 e. The lowest BCUT2D eigenvalue weighted by molar-refractivity contribution is -0.144. The molecule has 0 rings (SSSR count). The van der Waals surface area contributed by atoms with E-state index in [0.717, 1.165) is 19.3 Å². The number of rotatable bonds is 11. The Labute approximate surface area is 126 Å². The van der Waals surface area contributed by atoms with Crippen LogP contribution in [-0.2, 0) is 9.53 Å². The standard InChI is InChI=1S/C17H34O2.H3N/c1-5-6-7-8-9-10-11-13-16(18)19-15-12-14-17(2,3)4;/h5-15H2,1-4H3;1H3. The summed E-state index contributed by atoms with van der Waals surface area (Å²) in [4.78, 5) is 11.5. The molecule has 0 amide bonds. The van der Waals surface area contributed by atoms with Crippen LogP contribution < -0.4 is 6.15 Å². The van der Waals surface area contributed by atoms with Crippen molar-refractivity contribution in [3.63, 3.8) is 0 Å². The first kappa shape index (κ1) is 21.7. The van der Waals surface area contributed by atoms with Gasteiger partial charge in [0, 0.05) is 6.42 Å². The molecule has 0 aromatic carbocycles. The van der Waals surface area contributed by atoms with Crippen molar-refractivity contribution >= 4 is 5.97 Å². The number of hydrogen-bond acceptors (Lipinski definition) is 3. The Bertz CT molecular complexity index is 222. The molecule has 3 nitrogen and oxygen atoms in total. The summed E-state index contributed by atoms with van der Waals surface area (Å²) in [6.07, 6.45) is 11.4. The largest absolute Gasteiger partial charge is 0.466 e. The first-order chi connectivity index (χ1) is 8.95. The predicted molar refractivity (Wildman–Crippen MR) is 87.3 cm³/mol. The highest BCUT2D eigenvalue weighted by molar-refractivity contribution is 5.69. The molecule has 0 aliphatic rings. The highest BCUT2D eigenvalue weighted by Crippen LogP contribution is 2.20. The Balaban J connectivity index is 0. The molecule has 0 aliphatic carbocycles. The van der Waals surface area contributed by atoms with E-state index >= 15 is 0 Å². The van der Waals surface area contributed by atoms with E-state index in [1.165, 1.54) is 38.5 Å². The molecule has 3 N–H and O–H groups in total. The third-order valence-electron chi connectivity index (χ3n) is 3.32. The quantitative estimate of drug-likeness (QED) is 0.394. The van der Waals surface area contributed by atoms with Gasteiger partial charge in [0.1, 0.15) is 0 Å². The van der Waals surface area contributed by atoms with Crippen molar-refractivity contribution in [3.05, 3.63) is 0 Å². The SMILES string of the molecule is CCCCCCCCCC(=O)OCCCC(C)(C)C.N. The summed E-state index contributed by atoms with van der Waals surface area (Å²) in [5.41, 5.74) is 0.338. The second-order valence-corrected chi connectivity index (χ2v) is 6.76. The molecule has 0 unspecified atom stereocenters. The van der Waals surface area contributed by atoms with Gasteiger partial charge in [-0.15, -0.1) is 0 Å². The van der Waals surface area contributed by atoms with Gasteiger partial charge in [0.2, 0.25) is 0 Å². The van der Waals surface area contributed by atoms with Crippen molar-refractivity contribution in [2.45, 2.75) is 91.9 Å². The van der Waals surface area contributed by atoms with E-state index in [9.17, 15) is 4.79 Å². The Morgan fingerprint density at radius 1 is 0.900 bits per heavy atom. The summed E-state index contributed by atoms with van der Waals surface area (Å²) in [5, 5.41) is 0. The Morgan fingerprint density at radius 2 is 1.45 bits per heavy atom. The van der Waals surface area contributed by atoms with Crippen molar-refractivity contribution in [3.8, 4) is 0 Å². The van der Waals surface area contributed by atoms with Gasteiger partial charge in [-0.1, -0.05) is 66.2 Å². The average Bonchev–Trinajstić information content (AvgIpc) is 2.32. The topological polar surface area (TPSA) is 61.3 Å². The van der Waals surface area contributed by atoms with Crippen LogP contribution in [0.15, 0.2) is 0 Å². The third-order valence-corrected chi connectivity index (χ3v) is 3.32. The molecule has 0 aliphatic heterocycles. The zero-order valence-corrected chi connectivity index (χ0v) is 14.3. The number of hydrogen-bond donors (Lipinski definition) is 1. The van der Waals surface area contributed by atoms with E-state index in [4.69, 9.17) is 4.74 Å². The van der Waals surface area contributed by atoms with Gasteiger partial charge in [0.25, 0.3) is 0 Å². The minimum atomic E-state index is -0.0116. The maximum Gasteiger partial charge on any atom is 0.305 e. The smallest absolute Gasteiger partial charge is 0.305 e. The van der Waals surface area contributed by atoms with E-state index < -0.39 is 0 Å². The van der Waals surface area contributed by atoms with Gasteiger partial charge in [-0.25, -0.2) is 0 Å². The molecule has 0 spiro atoms. The van der Waals surface area contributed by atoms with Gasteiger partial charge in [-0.3, -0.25) is 4.79 Å². The number of ether oxygens (including phenoxy) is 1. The molecule has 0 atom stereocenters. The van der Waals surface area contributed by atoms with Crippen molar-refractivity contribution in [1.82, 2.24) is 6.15 Å². The molecule has 0 bridgehead atoms. The number of carbonyl (C=O) groups excluding carboxylic acids is 1. The van der Waals surface area contributed by atoms with Gasteiger partial charge < -0.3 is 10.9 Å². The van der Waals surface area contributed by atoms with Crippen LogP contribution >= 0.6 is 0 Å². The lowest BCUT2D eigenvalue weighted by Gasteiger charge is -2.17. The summed E-state index contributed by atoms with van der Waals surface area (Å²) in [7, 11) is 0. The van der Waals surface area contributed by atoms with Crippen molar-refractivity contribution < 1.29 is 9.53 Å². The maximum atomic E-state index is 11.5. The van der Waals surface area contributed by atoms with Gasteiger partial charge >= 0.3 is 5.97 Å². The molecule has 0 aromatic heterocycles. The van der Waals surface area contributed by atoms with Crippen molar-refractivity contribution in [2.75, 3.05) is 6.61 Å².